The van der Waals surface area contributed by atoms with E-state index in [0.29, 0.717) is 27.3 Å². The topological polar surface area (TPSA) is 89.3 Å². The molecule has 0 unspecified atom stereocenters. The van der Waals surface area contributed by atoms with E-state index in [2.05, 4.69) is 5.32 Å². The number of alkyl halides is 6. The molecule has 0 spiro atoms. The summed E-state index contributed by atoms with van der Waals surface area (Å²) in [7, 11) is 0. The number of halogens is 7. The number of hydrogen-bond donors (Lipinski definition) is 2. The highest BCUT2D eigenvalue weighted by Crippen LogP contribution is 2.39. The monoisotopic (exact) mass is 548 g/mol. The average molecular weight is 549 g/mol. The van der Waals surface area contributed by atoms with E-state index in [4.69, 9.17) is 17.3 Å². The van der Waals surface area contributed by atoms with Gasteiger partial charge in [0.1, 0.15) is 6.04 Å². The predicted octanol–water partition coefficient (Wildman–Crippen LogP) is 5.69. The van der Waals surface area contributed by atoms with E-state index in [0.717, 1.165) is 0 Å². The summed E-state index contributed by atoms with van der Waals surface area (Å²) < 4.78 is 77.4. The molecule has 12 heteroatoms. The van der Waals surface area contributed by atoms with Crippen LogP contribution in [0.4, 0.5) is 26.3 Å². The maximum atomic E-state index is 13.3. The van der Waals surface area contributed by atoms with E-state index >= 15 is 0 Å². The summed E-state index contributed by atoms with van der Waals surface area (Å²) in [4.78, 5) is 38.5. The summed E-state index contributed by atoms with van der Waals surface area (Å²) in [6.07, 6.45) is -14.7. The van der Waals surface area contributed by atoms with Crippen LogP contribution in [0.25, 0.3) is 11.1 Å². The maximum absolute atomic E-state index is 13.3. The molecule has 0 aliphatic heterocycles. The van der Waals surface area contributed by atoms with Gasteiger partial charge in [-0.3, -0.25) is 14.4 Å². The van der Waals surface area contributed by atoms with Crippen LogP contribution in [0.15, 0.2) is 42.5 Å². The zero-order valence-electron chi connectivity index (χ0n) is 19.3. The van der Waals surface area contributed by atoms with Crippen molar-refractivity contribution < 1.29 is 40.7 Å². The number of fused-ring (bicyclic) bond motifs is 3. The molecule has 0 radical (unpaired) electrons. The molecule has 0 saturated heterocycles. The Balaban J connectivity index is 1.97. The predicted molar refractivity (Wildman–Crippen MR) is 123 cm³/mol. The smallest absolute Gasteiger partial charge is 0.369 e. The highest BCUT2D eigenvalue weighted by atomic mass is 35.5. The molecule has 5 nitrogen and oxygen atoms in total. The Morgan fingerprint density at radius 1 is 0.919 bits per heavy atom. The Hall–Kier alpha value is -3.08. The van der Waals surface area contributed by atoms with Crippen molar-refractivity contribution in [1.29, 1.82) is 0 Å². The Morgan fingerprint density at radius 2 is 1.49 bits per heavy atom. The van der Waals surface area contributed by atoms with Crippen LogP contribution in [0.5, 0.6) is 0 Å². The van der Waals surface area contributed by atoms with E-state index in [9.17, 15) is 40.7 Å². The van der Waals surface area contributed by atoms with Crippen molar-refractivity contribution in [2.45, 2.75) is 50.5 Å². The van der Waals surface area contributed by atoms with Gasteiger partial charge >= 0.3 is 12.4 Å². The van der Waals surface area contributed by atoms with Crippen LogP contribution < -0.4 is 11.1 Å². The molecule has 0 fully saturated rings. The summed E-state index contributed by atoms with van der Waals surface area (Å²) in [6, 6.07) is 10.2. The van der Waals surface area contributed by atoms with Gasteiger partial charge in [0, 0.05) is 36.1 Å². The maximum Gasteiger partial charge on any atom is 0.389 e. The number of carbonyl (C=O) groups excluding carboxylic acids is 3. The van der Waals surface area contributed by atoms with Crippen molar-refractivity contribution in [1.82, 2.24) is 5.32 Å². The van der Waals surface area contributed by atoms with Gasteiger partial charge in [-0.25, -0.2) is 0 Å². The first-order chi connectivity index (χ1) is 17.2. The fourth-order valence-electron chi connectivity index (χ4n) is 4.54. The van der Waals surface area contributed by atoms with Crippen LogP contribution in [0.2, 0.25) is 5.02 Å². The van der Waals surface area contributed by atoms with Crippen molar-refractivity contribution in [3.63, 3.8) is 0 Å². The highest BCUT2D eigenvalue weighted by molar-refractivity contribution is 6.32. The summed E-state index contributed by atoms with van der Waals surface area (Å²) in [5.74, 6) is -6.70. The molecule has 2 amide bonds. The first-order valence-electron chi connectivity index (χ1n) is 11.3. The van der Waals surface area contributed by atoms with Crippen LogP contribution in [0.1, 0.15) is 42.9 Å². The van der Waals surface area contributed by atoms with Crippen molar-refractivity contribution in [3.05, 3.63) is 58.6 Å². The molecule has 37 heavy (non-hydrogen) atoms. The Kier molecular flexibility index (Phi) is 8.56. The second-order valence-corrected chi connectivity index (χ2v) is 9.27. The molecule has 1 aliphatic rings. The zero-order chi connectivity index (χ0) is 27.5. The van der Waals surface area contributed by atoms with Gasteiger partial charge in [0.25, 0.3) is 0 Å². The minimum absolute atomic E-state index is 0.213. The second-order valence-electron chi connectivity index (χ2n) is 8.86. The molecule has 3 N–H and O–H groups in total. The van der Waals surface area contributed by atoms with Gasteiger partial charge in [-0.05, 0) is 41.2 Å². The highest BCUT2D eigenvalue weighted by Gasteiger charge is 2.41. The van der Waals surface area contributed by atoms with Crippen molar-refractivity contribution in [2.75, 3.05) is 0 Å². The van der Waals surface area contributed by atoms with Crippen LogP contribution in [0, 0.1) is 11.8 Å². The van der Waals surface area contributed by atoms with Crippen LogP contribution >= 0.6 is 11.6 Å². The number of ketones is 1. The summed E-state index contributed by atoms with van der Waals surface area (Å²) in [5, 5.41) is 2.70. The van der Waals surface area contributed by atoms with Crippen molar-refractivity contribution in [2.24, 2.45) is 17.6 Å². The molecule has 3 rings (SSSR count). The van der Waals surface area contributed by atoms with Gasteiger partial charge in [0.15, 0.2) is 5.78 Å². The minimum atomic E-state index is -4.74. The molecule has 2 aromatic rings. The number of nitrogens with one attached hydrogen (secondary N) is 1. The molecule has 0 saturated carbocycles. The number of Topliss-reactive ketones (excluding diaryl/α,β-unsaturated/α-hetero) is 1. The third-order valence-electron chi connectivity index (χ3n) is 6.31. The molecule has 0 aromatic heterocycles. The average Bonchev–Trinajstić information content (AvgIpc) is 2.90. The van der Waals surface area contributed by atoms with Gasteiger partial charge in [0.2, 0.25) is 11.8 Å². The van der Waals surface area contributed by atoms with Gasteiger partial charge < -0.3 is 11.1 Å². The lowest BCUT2D eigenvalue weighted by Gasteiger charge is -2.27. The zero-order valence-corrected chi connectivity index (χ0v) is 20.0. The lowest BCUT2D eigenvalue weighted by atomic mass is 9.83. The van der Waals surface area contributed by atoms with Crippen LogP contribution in [-0.2, 0) is 20.8 Å². The van der Waals surface area contributed by atoms with Crippen molar-refractivity contribution in [3.8, 4) is 11.1 Å². The van der Waals surface area contributed by atoms with Gasteiger partial charge in [-0.1, -0.05) is 48.0 Å². The Morgan fingerprint density at radius 3 is 2.08 bits per heavy atom. The first-order valence-corrected chi connectivity index (χ1v) is 11.7. The van der Waals surface area contributed by atoms with Crippen LogP contribution in [0.3, 0.4) is 0 Å². The Labute approximate surface area is 213 Å². The number of hydrogen-bond acceptors (Lipinski definition) is 3. The number of primary amides is 1. The molecule has 200 valence electrons. The third kappa shape index (κ3) is 7.24. The molecule has 2 aromatic carbocycles. The summed E-state index contributed by atoms with van der Waals surface area (Å²) >= 11 is 6.29. The molecular formula is C25H23ClF6N2O3. The largest absolute Gasteiger partial charge is 0.389 e. The van der Waals surface area contributed by atoms with E-state index in [1.54, 1.807) is 42.5 Å². The lowest BCUT2D eigenvalue weighted by Crippen LogP contribution is -2.44. The molecule has 3 atom stereocenters. The molecule has 0 bridgehead atoms. The van der Waals surface area contributed by atoms with Crippen LogP contribution in [-0.4, -0.2) is 30.0 Å². The van der Waals surface area contributed by atoms with E-state index in [1.165, 1.54) is 0 Å². The van der Waals surface area contributed by atoms with E-state index < -0.39 is 73.5 Å². The quantitative estimate of drug-likeness (QED) is 0.415. The molecule has 0 heterocycles. The van der Waals surface area contributed by atoms with Crippen molar-refractivity contribution >= 4 is 29.2 Å². The SMILES string of the molecule is NC(=O)[C@@H](CCC(F)(F)F)[C@@H](CCC(F)(F)F)C(=O)N[C@@H]1C(=O)Cc2c(Cl)cccc2-c2ccccc21. The second kappa shape index (κ2) is 11.1. The fraction of sp³-hybridized carbons (Fsp3) is 0.400. The van der Waals surface area contributed by atoms with Gasteiger partial charge in [-0.2, -0.15) is 26.3 Å². The minimum Gasteiger partial charge on any atom is -0.369 e. The summed E-state index contributed by atoms with van der Waals surface area (Å²) in [6.45, 7) is 0. The Bertz CT molecular complexity index is 1180. The number of amides is 2. The third-order valence-corrected chi connectivity index (χ3v) is 6.66. The number of benzene rings is 2. The van der Waals surface area contributed by atoms with Gasteiger partial charge in [0.05, 0.1) is 0 Å². The van der Waals surface area contributed by atoms with E-state index in [-0.39, 0.29) is 6.42 Å². The number of nitrogens with two attached hydrogens (primary N) is 1. The molecular weight excluding hydrogens is 526 g/mol. The number of rotatable bonds is 8. The first kappa shape index (κ1) is 28.5. The summed E-state index contributed by atoms with van der Waals surface area (Å²) in [5.41, 5.74) is 7.23. The lowest BCUT2D eigenvalue weighted by molar-refractivity contribution is -0.152. The van der Waals surface area contributed by atoms with E-state index in [1.807, 2.05) is 0 Å². The normalized spacial score (nSPS) is 17.3. The number of carbonyl (C=O) groups is 3. The molecule has 1 aliphatic carbocycles. The standard InChI is InChI=1S/C25H23ClF6N2O3/c26-19-7-3-6-14-13-4-1-2-5-15(13)21(20(35)12-18(14)19)34-23(37)17(9-11-25(30,31)32)16(22(33)36)8-10-24(27,28)29/h1-7,16-17,21H,8-12H2,(H2,33,36)(H,34,37)/t16-,17+,21-/m0/s1. The fourth-order valence-corrected chi connectivity index (χ4v) is 4.78. The van der Waals surface area contributed by atoms with Gasteiger partial charge in [-0.15, -0.1) is 0 Å².